The van der Waals surface area contributed by atoms with Gasteiger partial charge in [-0.3, -0.25) is 0 Å². The molecule has 1 aromatic rings. The van der Waals surface area contributed by atoms with Crippen LogP contribution in [0.25, 0.3) is 0 Å². The van der Waals surface area contributed by atoms with Crippen LogP contribution in [0.15, 0.2) is 18.2 Å². The molecule has 0 saturated heterocycles. The van der Waals surface area contributed by atoms with Gasteiger partial charge in [0.1, 0.15) is 11.6 Å². The van der Waals surface area contributed by atoms with Crippen molar-refractivity contribution < 1.29 is 14.6 Å². The smallest absolute Gasteiger partial charge is 0.123 e. The third kappa shape index (κ3) is 5.00. The Morgan fingerprint density at radius 2 is 2.06 bits per heavy atom. The molecule has 3 N–H and O–H groups in total. The maximum atomic E-state index is 13.0. The molecule has 1 aromatic carbocycles. The molecule has 5 heteroatoms. The average molecular weight is 256 g/mol. The summed E-state index contributed by atoms with van der Waals surface area (Å²) in [5.74, 6) is -0.333. The first-order chi connectivity index (χ1) is 8.30. The minimum atomic E-state index is -0.869. The zero-order chi connectivity index (χ0) is 13.8. The number of nitrogens with one attached hydrogen (secondary N) is 1. The zero-order valence-electron chi connectivity index (χ0n) is 11.1. The topological polar surface area (TPSA) is 55.7 Å². The van der Waals surface area contributed by atoms with Crippen molar-refractivity contribution in [3.63, 3.8) is 0 Å². The lowest BCUT2D eigenvalue weighted by Crippen LogP contribution is -2.45. The largest absolute Gasteiger partial charge is 0.508 e. The van der Waals surface area contributed by atoms with Crippen molar-refractivity contribution in [2.45, 2.75) is 19.1 Å². The Bertz CT molecular complexity index is 395. The van der Waals surface area contributed by atoms with Crippen LogP contribution in [-0.2, 0) is 6.54 Å². The Labute approximate surface area is 107 Å². The molecule has 18 heavy (non-hydrogen) atoms. The van der Waals surface area contributed by atoms with Crippen LogP contribution in [-0.4, -0.2) is 47.9 Å². The van der Waals surface area contributed by atoms with E-state index in [0.717, 1.165) is 0 Å². The minimum absolute atomic E-state index is 0.0520. The van der Waals surface area contributed by atoms with Crippen LogP contribution < -0.4 is 5.32 Å². The highest BCUT2D eigenvalue weighted by Gasteiger charge is 2.20. The van der Waals surface area contributed by atoms with E-state index in [2.05, 4.69) is 5.32 Å². The van der Waals surface area contributed by atoms with Crippen LogP contribution >= 0.6 is 0 Å². The third-order valence-electron chi connectivity index (χ3n) is 2.52. The highest BCUT2D eigenvalue weighted by Crippen LogP contribution is 2.17. The van der Waals surface area contributed by atoms with Crippen molar-refractivity contribution in [3.05, 3.63) is 29.6 Å². The Kier molecular flexibility index (Phi) is 5.07. The Balaban J connectivity index is 2.48. The van der Waals surface area contributed by atoms with E-state index in [4.69, 9.17) is 0 Å². The summed E-state index contributed by atoms with van der Waals surface area (Å²) in [5, 5.41) is 22.6. The van der Waals surface area contributed by atoms with E-state index < -0.39 is 5.60 Å². The number of rotatable bonds is 6. The van der Waals surface area contributed by atoms with Gasteiger partial charge in [-0.05, 0) is 39.2 Å². The van der Waals surface area contributed by atoms with Crippen molar-refractivity contribution in [1.29, 1.82) is 0 Å². The first-order valence-electron chi connectivity index (χ1n) is 5.85. The summed E-state index contributed by atoms with van der Waals surface area (Å²) in [6.45, 7) is 2.93. The summed E-state index contributed by atoms with van der Waals surface area (Å²) in [5.41, 5.74) is -0.387. The van der Waals surface area contributed by atoms with Crippen molar-refractivity contribution in [2.24, 2.45) is 0 Å². The summed E-state index contributed by atoms with van der Waals surface area (Å²) in [7, 11) is 3.76. The lowest BCUT2D eigenvalue weighted by molar-refractivity contribution is 0.0335. The van der Waals surface area contributed by atoms with E-state index in [0.29, 0.717) is 25.2 Å². The van der Waals surface area contributed by atoms with Gasteiger partial charge in [0.15, 0.2) is 0 Å². The second-order valence-corrected chi connectivity index (χ2v) is 5.11. The first-order valence-corrected chi connectivity index (χ1v) is 5.85. The second kappa shape index (κ2) is 6.13. The fraction of sp³-hybridized carbons (Fsp3) is 0.538. The number of hydrogen-bond donors (Lipinski definition) is 3. The van der Waals surface area contributed by atoms with Gasteiger partial charge in [-0.1, -0.05) is 0 Å². The van der Waals surface area contributed by atoms with Crippen LogP contribution in [0.3, 0.4) is 0 Å². The summed E-state index contributed by atoms with van der Waals surface area (Å²) in [4.78, 5) is 1.89. The maximum Gasteiger partial charge on any atom is 0.123 e. The van der Waals surface area contributed by atoms with Gasteiger partial charge in [-0.15, -0.1) is 0 Å². The molecule has 0 spiro atoms. The molecule has 102 valence electrons. The minimum Gasteiger partial charge on any atom is -0.508 e. The van der Waals surface area contributed by atoms with Crippen LogP contribution in [0.1, 0.15) is 12.5 Å². The van der Waals surface area contributed by atoms with Gasteiger partial charge in [0.25, 0.3) is 0 Å². The van der Waals surface area contributed by atoms with Crippen molar-refractivity contribution in [1.82, 2.24) is 10.2 Å². The van der Waals surface area contributed by atoms with E-state index in [1.807, 2.05) is 19.0 Å². The van der Waals surface area contributed by atoms with Gasteiger partial charge < -0.3 is 20.4 Å². The van der Waals surface area contributed by atoms with E-state index in [9.17, 15) is 14.6 Å². The van der Waals surface area contributed by atoms with Gasteiger partial charge in [0, 0.05) is 25.2 Å². The molecule has 0 amide bonds. The van der Waals surface area contributed by atoms with Crippen molar-refractivity contribution in [2.75, 3.05) is 27.2 Å². The predicted molar refractivity (Wildman–Crippen MR) is 68.9 cm³/mol. The molecule has 0 heterocycles. The summed E-state index contributed by atoms with van der Waals surface area (Å²) in [6.07, 6.45) is 0. The number of aliphatic hydroxyl groups is 1. The number of aromatic hydroxyl groups is 1. The normalized spacial score (nSPS) is 14.8. The number of likely N-dealkylation sites (N-methyl/N-ethyl adjacent to an activating group) is 1. The Morgan fingerprint density at radius 1 is 1.39 bits per heavy atom. The van der Waals surface area contributed by atoms with E-state index in [1.54, 1.807) is 6.92 Å². The van der Waals surface area contributed by atoms with Crippen LogP contribution in [0.5, 0.6) is 5.75 Å². The molecule has 0 saturated carbocycles. The number of benzene rings is 1. The fourth-order valence-corrected chi connectivity index (χ4v) is 1.90. The fourth-order valence-electron chi connectivity index (χ4n) is 1.90. The third-order valence-corrected chi connectivity index (χ3v) is 2.52. The molecule has 1 rings (SSSR count). The Morgan fingerprint density at radius 3 is 2.67 bits per heavy atom. The van der Waals surface area contributed by atoms with Crippen molar-refractivity contribution >= 4 is 0 Å². The number of halogens is 1. The molecule has 1 atom stereocenters. The van der Waals surface area contributed by atoms with Crippen LogP contribution in [0.2, 0.25) is 0 Å². The first kappa shape index (κ1) is 14.9. The molecule has 0 radical (unpaired) electrons. The van der Waals surface area contributed by atoms with Gasteiger partial charge >= 0.3 is 0 Å². The highest BCUT2D eigenvalue weighted by molar-refractivity contribution is 5.32. The number of nitrogens with zero attached hydrogens (tertiary/aromatic N) is 1. The number of phenols is 1. The van der Waals surface area contributed by atoms with Gasteiger partial charge in [-0.25, -0.2) is 4.39 Å². The lowest BCUT2D eigenvalue weighted by Gasteiger charge is -2.27. The molecule has 0 aliphatic rings. The lowest BCUT2D eigenvalue weighted by atomic mass is 10.1. The van der Waals surface area contributed by atoms with Crippen LogP contribution in [0.4, 0.5) is 4.39 Å². The summed E-state index contributed by atoms with van der Waals surface area (Å²) in [6, 6.07) is 3.81. The summed E-state index contributed by atoms with van der Waals surface area (Å²) < 4.78 is 13.0. The SMILES string of the molecule is CN(C)CC(C)(O)CNCc1cc(F)ccc1O. The highest BCUT2D eigenvalue weighted by atomic mass is 19.1. The summed E-state index contributed by atoms with van der Waals surface area (Å²) >= 11 is 0. The molecular weight excluding hydrogens is 235 g/mol. The van der Waals surface area contributed by atoms with Gasteiger partial charge in [-0.2, -0.15) is 0 Å². The standard InChI is InChI=1S/C13H21FN2O2/c1-13(18,9-16(2)3)8-15-7-10-6-11(14)4-5-12(10)17/h4-6,15,17-18H,7-9H2,1-3H3. The predicted octanol–water partition coefficient (Wildman–Crippen LogP) is 0.933. The molecule has 1 unspecified atom stereocenters. The van der Waals surface area contributed by atoms with Crippen molar-refractivity contribution in [3.8, 4) is 5.75 Å². The number of hydrogen-bond acceptors (Lipinski definition) is 4. The molecule has 4 nitrogen and oxygen atoms in total. The maximum absolute atomic E-state index is 13.0. The monoisotopic (exact) mass is 256 g/mol. The number of phenolic OH excluding ortho intramolecular Hbond substituents is 1. The quantitative estimate of drug-likeness (QED) is 0.709. The van der Waals surface area contributed by atoms with Crippen LogP contribution in [0, 0.1) is 5.82 Å². The Hall–Kier alpha value is -1.17. The van der Waals surface area contributed by atoms with E-state index in [1.165, 1.54) is 18.2 Å². The average Bonchev–Trinajstić information content (AvgIpc) is 2.21. The molecule has 0 fully saturated rings. The molecular formula is C13H21FN2O2. The molecule has 0 aromatic heterocycles. The zero-order valence-corrected chi connectivity index (χ0v) is 11.1. The molecule has 0 bridgehead atoms. The van der Waals surface area contributed by atoms with E-state index in [-0.39, 0.29) is 11.6 Å². The molecule has 0 aliphatic heterocycles. The van der Waals surface area contributed by atoms with E-state index >= 15 is 0 Å². The van der Waals surface area contributed by atoms with Gasteiger partial charge in [0.05, 0.1) is 5.60 Å². The van der Waals surface area contributed by atoms with Gasteiger partial charge in [0.2, 0.25) is 0 Å². The molecule has 0 aliphatic carbocycles. The second-order valence-electron chi connectivity index (χ2n) is 5.11.